The molecule has 110 valence electrons. The molecule has 0 spiro atoms. The third-order valence-corrected chi connectivity index (χ3v) is 4.39. The Labute approximate surface area is 127 Å². The van der Waals surface area contributed by atoms with Gasteiger partial charge in [0.2, 0.25) is 0 Å². The zero-order chi connectivity index (χ0) is 14.7. The van der Waals surface area contributed by atoms with Crippen LogP contribution in [-0.4, -0.2) is 29.0 Å². The van der Waals surface area contributed by atoms with Gasteiger partial charge in [-0.2, -0.15) is 0 Å². The maximum Gasteiger partial charge on any atom is 0.0479 e. The predicted octanol–water partition coefficient (Wildman–Crippen LogP) is 3.18. The molecule has 1 aromatic heterocycles. The summed E-state index contributed by atoms with van der Waals surface area (Å²) in [6.07, 6.45) is 3.82. The molecule has 1 aliphatic heterocycles. The quantitative estimate of drug-likeness (QED) is 0.936. The van der Waals surface area contributed by atoms with Gasteiger partial charge < -0.3 is 5.32 Å². The van der Waals surface area contributed by atoms with E-state index in [1.807, 2.05) is 18.5 Å². The van der Waals surface area contributed by atoms with Crippen molar-refractivity contribution in [3.8, 4) is 0 Å². The number of nitrogens with one attached hydrogen (secondary N) is 1. The third-order valence-electron chi connectivity index (χ3n) is 4.39. The van der Waals surface area contributed by atoms with Gasteiger partial charge in [0.15, 0.2) is 0 Å². The minimum Gasteiger partial charge on any atom is -0.311 e. The van der Waals surface area contributed by atoms with Crippen LogP contribution in [0.15, 0.2) is 54.9 Å². The molecule has 0 aliphatic carbocycles. The number of rotatable bonds is 3. The molecule has 1 aliphatic rings. The summed E-state index contributed by atoms with van der Waals surface area (Å²) in [5.74, 6) is 0. The highest BCUT2D eigenvalue weighted by Crippen LogP contribution is 2.32. The fourth-order valence-corrected chi connectivity index (χ4v) is 3.17. The van der Waals surface area contributed by atoms with Crippen LogP contribution >= 0.6 is 0 Å². The maximum atomic E-state index is 4.28. The number of pyridine rings is 1. The summed E-state index contributed by atoms with van der Waals surface area (Å²) < 4.78 is 0. The number of nitrogens with zero attached hydrogens (tertiary/aromatic N) is 2. The first kappa shape index (κ1) is 14.2. The molecule has 1 fully saturated rings. The number of hydrogen-bond acceptors (Lipinski definition) is 3. The standard InChI is InChI=1S/C18H23N3/c1-14-13-21(15(2)17-9-6-10-19-11-17)18(12-20-14)16-7-4-3-5-8-16/h3-11,14-15,18,20H,12-13H2,1-2H3. The minimum absolute atomic E-state index is 0.369. The second-order valence-electron chi connectivity index (χ2n) is 5.89. The lowest BCUT2D eigenvalue weighted by molar-refractivity contribution is 0.0927. The monoisotopic (exact) mass is 281 g/mol. The fourth-order valence-electron chi connectivity index (χ4n) is 3.17. The van der Waals surface area contributed by atoms with Crippen molar-refractivity contribution in [2.24, 2.45) is 0 Å². The molecule has 1 saturated heterocycles. The molecule has 0 amide bonds. The first-order valence-electron chi connectivity index (χ1n) is 7.69. The van der Waals surface area contributed by atoms with Crippen LogP contribution in [0.5, 0.6) is 0 Å². The SMILES string of the molecule is CC1CN(C(C)c2cccnc2)C(c2ccccc2)CN1. The minimum atomic E-state index is 0.369. The van der Waals surface area contributed by atoms with Gasteiger partial charge in [0, 0.05) is 43.6 Å². The van der Waals surface area contributed by atoms with E-state index in [0.29, 0.717) is 18.1 Å². The summed E-state index contributed by atoms with van der Waals surface area (Å²) >= 11 is 0. The van der Waals surface area contributed by atoms with Crippen LogP contribution in [0, 0.1) is 0 Å². The van der Waals surface area contributed by atoms with Crippen LogP contribution in [0.3, 0.4) is 0 Å². The van der Waals surface area contributed by atoms with E-state index in [9.17, 15) is 0 Å². The molecule has 1 N–H and O–H groups in total. The van der Waals surface area contributed by atoms with Crippen LogP contribution in [0.1, 0.15) is 37.1 Å². The maximum absolute atomic E-state index is 4.28. The molecular formula is C18H23N3. The average Bonchev–Trinajstić information content (AvgIpc) is 2.56. The fraction of sp³-hybridized carbons (Fsp3) is 0.389. The Morgan fingerprint density at radius 2 is 2.00 bits per heavy atom. The normalized spacial score (nSPS) is 24.7. The highest BCUT2D eigenvalue weighted by atomic mass is 15.3. The highest BCUT2D eigenvalue weighted by molar-refractivity contribution is 5.22. The summed E-state index contributed by atoms with van der Waals surface area (Å²) in [7, 11) is 0. The molecule has 3 heteroatoms. The van der Waals surface area contributed by atoms with Crippen LogP contribution in [0.4, 0.5) is 0 Å². The summed E-state index contributed by atoms with van der Waals surface area (Å²) in [5, 5.41) is 3.61. The van der Waals surface area contributed by atoms with E-state index in [2.05, 4.69) is 65.4 Å². The topological polar surface area (TPSA) is 28.2 Å². The number of piperazine rings is 1. The smallest absolute Gasteiger partial charge is 0.0479 e. The van der Waals surface area contributed by atoms with E-state index >= 15 is 0 Å². The van der Waals surface area contributed by atoms with Crippen molar-refractivity contribution in [3.63, 3.8) is 0 Å². The van der Waals surface area contributed by atoms with Gasteiger partial charge in [0.05, 0.1) is 0 Å². The Balaban J connectivity index is 1.88. The van der Waals surface area contributed by atoms with Gasteiger partial charge in [-0.05, 0) is 31.0 Å². The number of hydrogen-bond donors (Lipinski definition) is 1. The van der Waals surface area contributed by atoms with E-state index < -0.39 is 0 Å². The lowest BCUT2D eigenvalue weighted by atomic mass is 9.97. The molecule has 3 rings (SSSR count). The van der Waals surface area contributed by atoms with Crippen LogP contribution in [-0.2, 0) is 0 Å². The lowest BCUT2D eigenvalue weighted by Gasteiger charge is -2.43. The molecule has 0 radical (unpaired) electrons. The molecule has 2 aromatic rings. The number of aromatic nitrogens is 1. The first-order valence-corrected chi connectivity index (χ1v) is 7.69. The summed E-state index contributed by atoms with van der Waals surface area (Å²) in [6, 6.07) is 16.3. The van der Waals surface area contributed by atoms with Gasteiger partial charge in [-0.3, -0.25) is 9.88 Å². The van der Waals surface area contributed by atoms with Gasteiger partial charge in [0.25, 0.3) is 0 Å². The van der Waals surface area contributed by atoms with E-state index in [0.717, 1.165) is 13.1 Å². The van der Waals surface area contributed by atoms with Crippen molar-refractivity contribution < 1.29 is 0 Å². The van der Waals surface area contributed by atoms with Crippen LogP contribution in [0.2, 0.25) is 0 Å². The van der Waals surface area contributed by atoms with E-state index in [4.69, 9.17) is 0 Å². The van der Waals surface area contributed by atoms with E-state index in [1.54, 1.807) is 0 Å². The van der Waals surface area contributed by atoms with Crippen LogP contribution in [0.25, 0.3) is 0 Å². The zero-order valence-electron chi connectivity index (χ0n) is 12.7. The van der Waals surface area contributed by atoms with Crippen molar-refractivity contribution >= 4 is 0 Å². The van der Waals surface area contributed by atoms with E-state index in [1.165, 1.54) is 11.1 Å². The second kappa shape index (κ2) is 6.37. The lowest BCUT2D eigenvalue weighted by Crippen LogP contribution is -2.51. The summed E-state index contributed by atoms with van der Waals surface area (Å²) in [4.78, 5) is 6.87. The predicted molar refractivity (Wildman–Crippen MR) is 86.0 cm³/mol. The molecule has 3 atom stereocenters. The Bertz CT molecular complexity index is 555. The molecule has 21 heavy (non-hydrogen) atoms. The van der Waals surface area contributed by atoms with Gasteiger partial charge in [-0.15, -0.1) is 0 Å². The van der Waals surface area contributed by atoms with Gasteiger partial charge in [0.1, 0.15) is 0 Å². The summed E-state index contributed by atoms with van der Waals surface area (Å²) in [6.45, 7) is 6.58. The van der Waals surface area contributed by atoms with Crippen molar-refractivity contribution in [2.75, 3.05) is 13.1 Å². The second-order valence-corrected chi connectivity index (χ2v) is 5.89. The highest BCUT2D eigenvalue weighted by Gasteiger charge is 2.30. The van der Waals surface area contributed by atoms with Crippen molar-refractivity contribution in [2.45, 2.75) is 32.0 Å². The van der Waals surface area contributed by atoms with Gasteiger partial charge in [-0.25, -0.2) is 0 Å². The molecule has 0 bridgehead atoms. The zero-order valence-corrected chi connectivity index (χ0v) is 12.7. The van der Waals surface area contributed by atoms with Crippen LogP contribution < -0.4 is 5.32 Å². The van der Waals surface area contributed by atoms with Crippen molar-refractivity contribution in [3.05, 3.63) is 66.0 Å². The van der Waals surface area contributed by atoms with Gasteiger partial charge >= 0.3 is 0 Å². The Kier molecular flexibility index (Phi) is 4.32. The Morgan fingerprint density at radius 3 is 2.71 bits per heavy atom. The molecule has 2 heterocycles. The van der Waals surface area contributed by atoms with Gasteiger partial charge in [-0.1, -0.05) is 36.4 Å². The largest absolute Gasteiger partial charge is 0.311 e. The molecule has 3 unspecified atom stereocenters. The molecule has 1 aromatic carbocycles. The van der Waals surface area contributed by atoms with Crippen molar-refractivity contribution in [1.82, 2.24) is 15.2 Å². The summed E-state index contributed by atoms with van der Waals surface area (Å²) in [5.41, 5.74) is 2.67. The Morgan fingerprint density at radius 1 is 1.19 bits per heavy atom. The molecule has 0 saturated carbocycles. The molecular weight excluding hydrogens is 258 g/mol. The third kappa shape index (κ3) is 3.14. The molecule has 3 nitrogen and oxygen atoms in total. The van der Waals surface area contributed by atoms with Crippen molar-refractivity contribution in [1.29, 1.82) is 0 Å². The first-order chi connectivity index (χ1) is 10.3. The number of benzene rings is 1. The van der Waals surface area contributed by atoms with E-state index in [-0.39, 0.29) is 0 Å². The average molecular weight is 281 g/mol. The Hall–Kier alpha value is -1.71.